The zero-order valence-electron chi connectivity index (χ0n) is 10.4. The summed E-state index contributed by atoms with van der Waals surface area (Å²) in [6.45, 7) is 0. The van der Waals surface area contributed by atoms with Crippen molar-refractivity contribution < 1.29 is 23.4 Å². The van der Waals surface area contributed by atoms with Crippen LogP contribution in [0.1, 0.15) is 10.4 Å². The monoisotopic (exact) mass is 371 g/mol. The smallest absolute Gasteiger partial charge is 0.337 e. The van der Waals surface area contributed by atoms with Crippen molar-refractivity contribution >= 4 is 37.6 Å². The predicted octanol–water partition coefficient (Wildman–Crippen LogP) is 2.65. The van der Waals surface area contributed by atoms with E-state index in [4.69, 9.17) is 5.11 Å². The minimum atomic E-state index is -3.93. The maximum Gasteiger partial charge on any atom is 0.337 e. The Balaban J connectivity index is 2.44. The second-order valence-electron chi connectivity index (χ2n) is 4.10. The van der Waals surface area contributed by atoms with E-state index in [2.05, 4.69) is 20.7 Å². The summed E-state index contributed by atoms with van der Waals surface area (Å²) in [5, 5.41) is 18.3. The molecular formula is C13H10BrNO5S. The Morgan fingerprint density at radius 2 is 1.86 bits per heavy atom. The quantitative estimate of drug-likeness (QED) is 0.716. The maximum atomic E-state index is 12.2. The normalized spacial score (nSPS) is 11.1. The Bertz CT molecular complexity index is 804. The third-order valence-electron chi connectivity index (χ3n) is 2.58. The molecule has 6 nitrogen and oxygen atoms in total. The first-order valence-corrected chi connectivity index (χ1v) is 7.92. The molecule has 0 bridgehead atoms. The molecule has 110 valence electrons. The average molecular weight is 372 g/mol. The number of rotatable bonds is 4. The summed E-state index contributed by atoms with van der Waals surface area (Å²) in [5.74, 6) is -1.62. The van der Waals surface area contributed by atoms with Crippen LogP contribution in [-0.2, 0) is 10.0 Å². The van der Waals surface area contributed by atoms with E-state index in [9.17, 15) is 18.3 Å². The van der Waals surface area contributed by atoms with E-state index in [1.165, 1.54) is 24.3 Å². The van der Waals surface area contributed by atoms with Crippen molar-refractivity contribution in [2.45, 2.75) is 4.90 Å². The molecule has 0 aliphatic rings. The second kappa shape index (κ2) is 5.74. The summed E-state index contributed by atoms with van der Waals surface area (Å²) in [4.78, 5) is 11.1. The summed E-state index contributed by atoms with van der Waals surface area (Å²) >= 11 is 3.17. The van der Waals surface area contributed by atoms with Crippen molar-refractivity contribution in [3.8, 4) is 5.75 Å². The highest BCUT2D eigenvalue weighted by Crippen LogP contribution is 2.25. The summed E-state index contributed by atoms with van der Waals surface area (Å²) < 4.78 is 27.2. The molecule has 0 aliphatic carbocycles. The zero-order valence-corrected chi connectivity index (χ0v) is 12.8. The maximum absolute atomic E-state index is 12.2. The van der Waals surface area contributed by atoms with Crippen molar-refractivity contribution in [1.82, 2.24) is 0 Å². The number of carbonyl (C=O) groups is 1. The summed E-state index contributed by atoms with van der Waals surface area (Å²) in [6, 6.07) is 9.35. The molecule has 3 N–H and O–H groups in total. The van der Waals surface area contributed by atoms with Crippen LogP contribution in [0.4, 0.5) is 5.69 Å². The van der Waals surface area contributed by atoms with Crippen LogP contribution in [0.3, 0.4) is 0 Å². The number of halogens is 1. The Hall–Kier alpha value is -2.06. The molecule has 0 saturated carbocycles. The van der Waals surface area contributed by atoms with Crippen LogP contribution in [-0.4, -0.2) is 24.6 Å². The number of hydrogen-bond donors (Lipinski definition) is 3. The third kappa shape index (κ3) is 3.53. The number of nitrogens with one attached hydrogen (secondary N) is 1. The molecular weight excluding hydrogens is 362 g/mol. The summed E-state index contributed by atoms with van der Waals surface area (Å²) in [6.07, 6.45) is 0. The van der Waals surface area contributed by atoms with Gasteiger partial charge in [0.15, 0.2) is 0 Å². The summed E-state index contributed by atoms with van der Waals surface area (Å²) in [7, 11) is -3.93. The highest BCUT2D eigenvalue weighted by Gasteiger charge is 2.19. The number of carboxylic acid groups (broad SMARTS) is 1. The van der Waals surface area contributed by atoms with Gasteiger partial charge in [-0.3, -0.25) is 4.72 Å². The number of aromatic carboxylic acids is 1. The van der Waals surface area contributed by atoms with E-state index in [1.807, 2.05) is 0 Å². The van der Waals surface area contributed by atoms with Crippen LogP contribution in [0.5, 0.6) is 5.75 Å². The van der Waals surface area contributed by atoms with Gasteiger partial charge >= 0.3 is 5.97 Å². The van der Waals surface area contributed by atoms with Gasteiger partial charge in [0, 0.05) is 4.47 Å². The lowest BCUT2D eigenvalue weighted by molar-refractivity contribution is 0.0697. The molecule has 2 rings (SSSR count). The van der Waals surface area contributed by atoms with Crippen molar-refractivity contribution in [2.75, 3.05) is 4.72 Å². The van der Waals surface area contributed by atoms with E-state index in [0.717, 1.165) is 6.07 Å². The number of carboxylic acids is 1. The van der Waals surface area contributed by atoms with Crippen molar-refractivity contribution in [1.29, 1.82) is 0 Å². The van der Waals surface area contributed by atoms with Gasteiger partial charge in [0.05, 0.1) is 16.1 Å². The largest absolute Gasteiger partial charge is 0.508 e. The van der Waals surface area contributed by atoms with Gasteiger partial charge < -0.3 is 10.2 Å². The van der Waals surface area contributed by atoms with Gasteiger partial charge in [-0.05, 0) is 36.4 Å². The van der Waals surface area contributed by atoms with Crippen LogP contribution in [0, 0.1) is 0 Å². The van der Waals surface area contributed by atoms with Gasteiger partial charge in [-0.25, -0.2) is 13.2 Å². The van der Waals surface area contributed by atoms with Crippen LogP contribution in [0.2, 0.25) is 0 Å². The Morgan fingerprint density at radius 3 is 2.48 bits per heavy atom. The Kier molecular flexibility index (Phi) is 4.19. The minimum Gasteiger partial charge on any atom is -0.508 e. The number of phenols is 1. The molecule has 0 amide bonds. The van der Waals surface area contributed by atoms with Crippen LogP contribution >= 0.6 is 15.9 Å². The highest BCUT2D eigenvalue weighted by atomic mass is 79.9. The van der Waals surface area contributed by atoms with Gasteiger partial charge in [0.25, 0.3) is 10.0 Å². The first-order chi connectivity index (χ1) is 9.79. The second-order valence-corrected chi connectivity index (χ2v) is 6.70. The lowest BCUT2D eigenvalue weighted by Gasteiger charge is -2.11. The molecule has 0 unspecified atom stereocenters. The van der Waals surface area contributed by atoms with E-state index >= 15 is 0 Å². The molecule has 8 heteroatoms. The number of benzene rings is 2. The minimum absolute atomic E-state index is 0.0127. The topological polar surface area (TPSA) is 104 Å². The molecule has 0 aliphatic heterocycles. The first-order valence-electron chi connectivity index (χ1n) is 5.64. The van der Waals surface area contributed by atoms with Crippen molar-refractivity contribution in [3.05, 3.63) is 52.5 Å². The van der Waals surface area contributed by atoms with Crippen LogP contribution < -0.4 is 4.72 Å². The van der Waals surface area contributed by atoms with Crippen LogP contribution in [0.15, 0.2) is 51.8 Å². The highest BCUT2D eigenvalue weighted by molar-refractivity contribution is 9.10. The molecule has 0 heterocycles. The average Bonchev–Trinajstić information content (AvgIpc) is 2.40. The van der Waals surface area contributed by atoms with Crippen LogP contribution in [0.25, 0.3) is 0 Å². The Labute approximate surface area is 129 Å². The third-order valence-corrected chi connectivity index (χ3v) is 4.44. The van der Waals surface area contributed by atoms with Crippen molar-refractivity contribution in [2.24, 2.45) is 0 Å². The number of phenolic OH excluding ortho intramolecular Hbond substituents is 1. The number of hydrogen-bond acceptors (Lipinski definition) is 4. The molecule has 0 saturated heterocycles. The van der Waals surface area contributed by atoms with Crippen molar-refractivity contribution in [3.63, 3.8) is 0 Å². The van der Waals surface area contributed by atoms with Gasteiger partial charge in [0.2, 0.25) is 0 Å². The van der Waals surface area contributed by atoms with E-state index in [0.29, 0.717) is 4.47 Å². The van der Waals surface area contributed by atoms with Gasteiger partial charge in [-0.1, -0.05) is 22.0 Å². The Morgan fingerprint density at radius 1 is 1.14 bits per heavy atom. The fourth-order valence-electron chi connectivity index (χ4n) is 1.64. The lowest BCUT2D eigenvalue weighted by atomic mass is 10.2. The molecule has 2 aromatic rings. The SMILES string of the molecule is O=C(O)c1cc(O)ccc1NS(=O)(=O)c1cccc(Br)c1. The van der Waals surface area contributed by atoms with E-state index in [-0.39, 0.29) is 21.9 Å². The number of anilines is 1. The number of sulfonamides is 1. The molecule has 2 aromatic carbocycles. The molecule has 0 atom stereocenters. The van der Waals surface area contributed by atoms with Gasteiger partial charge in [-0.2, -0.15) is 0 Å². The summed E-state index contributed by atoms with van der Waals surface area (Å²) in [5.41, 5.74) is -0.464. The standard InChI is InChI=1S/C13H10BrNO5S/c14-8-2-1-3-10(6-8)21(19,20)15-12-5-4-9(16)7-11(12)13(17)18/h1-7,15-16H,(H,17,18). The number of aromatic hydroxyl groups is 1. The fraction of sp³-hybridized carbons (Fsp3) is 0. The van der Waals surface area contributed by atoms with E-state index in [1.54, 1.807) is 12.1 Å². The molecule has 0 spiro atoms. The first kappa shape index (κ1) is 15.3. The fourth-order valence-corrected chi connectivity index (χ4v) is 3.31. The molecule has 0 fully saturated rings. The van der Waals surface area contributed by atoms with Gasteiger partial charge in [-0.15, -0.1) is 0 Å². The predicted molar refractivity (Wildman–Crippen MR) is 80.0 cm³/mol. The molecule has 21 heavy (non-hydrogen) atoms. The lowest BCUT2D eigenvalue weighted by Crippen LogP contribution is -2.15. The van der Waals surface area contributed by atoms with Gasteiger partial charge in [0.1, 0.15) is 5.75 Å². The molecule has 0 radical (unpaired) electrons. The van der Waals surface area contributed by atoms with E-state index < -0.39 is 16.0 Å². The zero-order chi connectivity index (χ0) is 15.6. The molecule has 0 aromatic heterocycles.